The molecule has 1 heterocycles. The minimum absolute atomic E-state index is 0.0133. The number of carboxylic acids is 1. The van der Waals surface area contributed by atoms with Gasteiger partial charge in [-0.05, 0) is 68.3 Å². The standard InChI is InChI=1S/C38H51NO8Si/c1-5-44-37(40)25-47-36-22-34-29(17-18-39(34)26-43-19-20-48(2,3)4)21-32(36)28-11-13-30(14-12-28)45-24-33-31(38(41)42)15-16-35(33)46-23-27-9-7-6-8-10-27/h6-11,17-18,21-22,30-31,33,35H,5,12-16,19-20,23-26H2,1-4H3,(H,41,42). The van der Waals surface area contributed by atoms with Crippen LogP contribution in [0.4, 0.5) is 0 Å². The molecule has 3 aromatic rings. The number of aliphatic carboxylic acids is 1. The van der Waals surface area contributed by atoms with E-state index in [0.717, 1.165) is 59.5 Å². The van der Waals surface area contributed by atoms with Gasteiger partial charge in [-0.1, -0.05) is 56.0 Å². The average molecular weight is 678 g/mol. The highest BCUT2D eigenvalue weighted by Gasteiger charge is 2.41. The lowest BCUT2D eigenvalue weighted by atomic mass is 9.90. The van der Waals surface area contributed by atoms with Crippen LogP contribution in [-0.4, -0.2) is 68.3 Å². The first-order chi connectivity index (χ1) is 23.1. The molecule has 0 bridgehead atoms. The lowest BCUT2D eigenvalue weighted by Gasteiger charge is -2.28. The molecule has 0 aliphatic heterocycles. The van der Waals surface area contributed by atoms with E-state index in [0.29, 0.717) is 45.1 Å². The van der Waals surface area contributed by atoms with Crippen molar-refractivity contribution in [3.63, 3.8) is 0 Å². The lowest BCUT2D eigenvalue weighted by Crippen LogP contribution is -2.32. The number of rotatable bonds is 17. The van der Waals surface area contributed by atoms with Crippen LogP contribution in [0.1, 0.15) is 50.2 Å². The number of nitrogens with zero attached hydrogens (tertiary/aromatic N) is 1. The van der Waals surface area contributed by atoms with Crippen LogP contribution in [0.25, 0.3) is 16.5 Å². The third-order valence-corrected chi connectivity index (χ3v) is 11.1. The van der Waals surface area contributed by atoms with E-state index in [-0.39, 0.29) is 24.7 Å². The van der Waals surface area contributed by atoms with Crippen LogP contribution in [-0.2, 0) is 41.9 Å². The maximum absolute atomic E-state index is 12.2. The summed E-state index contributed by atoms with van der Waals surface area (Å²) in [5.41, 5.74) is 4.16. The molecule has 1 saturated carbocycles. The van der Waals surface area contributed by atoms with Gasteiger partial charge in [0.25, 0.3) is 0 Å². The molecule has 1 aromatic heterocycles. The van der Waals surface area contributed by atoms with Crippen LogP contribution >= 0.6 is 0 Å². The smallest absolute Gasteiger partial charge is 0.344 e. The van der Waals surface area contributed by atoms with Crippen LogP contribution in [0.3, 0.4) is 0 Å². The zero-order valence-corrected chi connectivity index (χ0v) is 29.8. The molecule has 2 aliphatic rings. The number of allylic oxidation sites excluding steroid dienone is 1. The molecule has 1 fully saturated rings. The Morgan fingerprint density at radius 3 is 2.54 bits per heavy atom. The summed E-state index contributed by atoms with van der Waals surface area (Å²) in [6, 6.07) is 17.3. The first kappa shape index (κ1) is 35.9. The maximum atomic E-state index is 12.2. The molecule has 2 aliphatic carbocycles. The van der Waals surface area contributed by atoms with E-state index in [1.54, 1.807) is 6.92 Å². The minimum Gasteiger partial charge on any atom is -0.481 e. The first-order valence-corrected chi connectivity index (χ1v) is 21.0. The van der Waals surface area contributed by atoms with Crippen molar-refractivity contribution in [1.29, 1.82) is 0 Å². The zero-order valence-electron chi connectivity index (χ0n) is 28.8. The topological polar surface area (TPSA) is 105 Å². The SMILES string of the molecule is CCOC(=O)COc1cc2c(ccn2COCC[Si](C)(C)C)cc1C1=CCC(OCC2C(OCc3ccccc3)CCC2C(=O)O)CC1. The number of carboxylic acid groups (broad SMARTS) is 1. The first-order valence-electron chi connectivity index (χ1n) is 17.3. The molecule has 9 nitrogen and oxygen atoms in total. The average Bonchev–Trinajstić information content (AvgIpc) is 3.67. The molecule has 0 spiro atoms. The predicted molar refractivity (Wildman–Crippen MR) is 189 cm³/mol. The second-order valence-electron chi connectivity index (χ2n) is 14.1. The number of fused-ring (bicyclic) bond motifs is 1. The normalized spacial score (nSPS) is 21.3. The maximum Gasteiger partial charge on any atom is 0.344 e. The highest BCUT2D eigenvalue weighted by molar-refractivity contribution is 6.76. The van der Waals surface area contributed by atoms with Crippen molar-refractivity contribution in [3.8, 4) is 5.75 Å². The van der Waals surface area contributed by atoms with Gasteiger partial charge in [-0.25, -0.2) is 4.79 Å². The number of carbonyl (C=O) groups is 2. The van der Waals surface area contributed by atoms with Gasteiger partial charge in [0, 0.05) is 43.8 Å². The Morgan fingerprint density at radius 1 is 1.02 bits per heavy atom. The van der Waals surface area contributed by atoms with E-state index in [1.807, 2.05) is 42.6 Å². The van der Waals surface area contributed by atoms with E-state index in [4.69, 9.17) is 23.7 Å². The molecular formula is C38H51NO8Si. The quantitative estimate of drug-likeness (QED) is 0.0888. The monoisotopic (exact) mass is 677 g/mol. The Bertz CT molecular complexity index is 1550. The molecule has 0 radical (unpaired) electrons. The van der Waals surface area contributed by atoms with Crippen molar-refractivity contribution < 1.29 is 38.4 Å². The van der Waals surface area contributed by atoms with E-state index in [9.17, 15) is 14.7 Å². The molecule has 4 atom stereocenters. The fourth-order valence-electron chi connectivity index (χ4n) is 6.58. The summed E-state index contributed by atoms with van der Waals surface area (Å²) in [5, 5.41) is 11.0. The number of carbonyl (C=O) groups excluding carboxylic acids is 1. The predicted octanol–water partition coefficient (Wildman–Crippen LogP) is 7.54. The van der Waals surface area contributed by atoms with E-state index in [1.165, 1.54) is 0 Å². The Kier molecular flexibility index (Phi) is 12.5. The molecule has 0 amide bonds. The molecule has 2 aromatic carbocycles. The van der Waals surface area contributed by atoms with Crippen molar-refractivity contribution in [2.45, 2.75) is 90.3 Å². The second kappa shape index (κ2) is 16.8. The number of aromatic nitrogens is 1. The van der Waals surface area contributed by atoms with E-state index < -0.39 is 25.9 Å². The number of hydrogen-bond acceptors (Lipinski definition) is 7. The van der Waals surface area contributed by atoms with Crippen molar-refractivity contribution in [3.05, 3.63) is 71.9 Å². The van der Waals surface area contributed by atoms with Crippen LogP contribution in [0.2, 0.25) is 25.7 Å². The molecular weight excluding hydrogens is 627 g/mol. The van der Waals surface area contributed by atoms with Crippen molar-refractivity contribution in [2.24, 2.45) is 11.8 Å². The minimum atomic E-state index is -1.18. The summed E-state index contributed by atoms with van der Waals surface area (Å²) in [7, 11) is -1.18. The molecule has 0 saturated heterocycles. The fourth-order valence-corrected chi connectivity index (χ4v) is 7.34. The highest BCUT2D eigenvalue weighted by atomic mass is 28.3. The summed E-state index contributed by atoms with van der Waals surface area (Å²) in [5.74, 6) is -1.21. The Hall–Kier alpha value is -3.44. The summed E-state index contributed by atoms with van der Waals surface area (Å²) < 4.78 is 31.9. The number of esters is 1. The Morgan fingerprint density at radius 2 is 1.83 bits per heavy atom. The van der Waals surface area contributed by atoms with Crippen molar-refractivity contribution in [1.82, 2.24) is 4.57 Å². The summed E-state index contributed by atoms with van der Waals surface area (Å²) in [6.07, 6.45) is 7.65. The van der Waals surface area contributed by atoms with Gasteiger partial charge in [0.1, 0.15) is 12.5 Å². The van der Waals surface area contributed by atoms with Crippen molar-refractivity contribution in [2.75, 3.05) is 26.4 Å². The summed E-state index contributed by atoms with van der Waals surface area (Å²) in [6.45, 7) is 10.9. The number of benzene rings is 2. The fraction of sp³-hybridized carbons (Fsp3) is 0.526. The van der Waals surface area contributed by atoms with Gasteiger partial charge < -0.3 is 33.4 Å². The molecule has 10 heteroatoms. The van der Waals surface area contributed by atoms with Crippen LogP contribution in [0.15, 0.2) is 60.8 Å². The van der Waals surface area contributed by atoms with Gasteiger partial charge in [-0.3, -0.25) is 4.79 Å². The molecule has 1 N–H and O–H groups in total. The summed E-state index contributed by atoms with van der Waals surface area (Å²) >= 11 is 0. The van der Waals surface area contributed by atoms with E-state index >= 15 is 0 Å². The highest BCUT2D eigenvalue weighted by Crippen LogP contribution is 2.39. The van der Waals surface area contributed by atoms with Gasteiger partial charge in [0.05, 0.1) is 43.5 Å². The van der Waals surface area contributed by atoms with Crippen LogP contribution < -0.4 is 4.74 Å². The Balaban J connectivity index is 1.25. The van der Waals surface area contributed by atoms with Gasteiger partial charge in [-0.2, -0.15) is 0 Å². The molecule has 5 rings (SSSR count). The molecule has 4 unspecified atom stereocenters. The van der Waals surface area contributed by atoms with Crippen LogP contribution in [0.5, 0.6) is 5.75 Å². The van der Waals surface area contributed by atoms with Crippen LogP contribution in [0, 0.1) is 11.8 Å². The van der Waals surface area contributed by atoms with Gasteiger partial charge in [0.2, 0.25) is 0 Å². The number of ether oxygens (including phenoxy) is 5. The third kappa shape index (κ3) is 9.81. The van der Waals surface area contributed by atoms with Gasteiger partial charge in [-0.15, -0.1) is 0 Å². The third-order valence-electron chi connectivity index (χ3n) is 9.36. The number of hydrogen-bond donors (Lipinski definition) is 1. The largest absolute Gasteiger partial charge is 0.481 e. The molecule has 260 valence electrons. The van der Waals surface area contributed by atoms with Crippen molar-refractivity contribution >= 4 is 36.5 Å². The summed E-state index contributed by atoms with van der Waals surface area (Å²) in [4.78, 5) is 24.3. The zero-order chi connectivity index (χ0) is 34.1. The Labute approximate surface area is 285 Å². The van der Waals surface area contributed by atoms with E-state index in [2.05, 4.69) is 42.4 Å². The van der Waals surface area contributed by atoms with Gasteiger partial charge in [0.15, 0.2) is 6.61 Å². The molecule has 48 heavy (non-hydrogen) atoms. The lowest BCUT2D eigenvalue weighted by molar-refractivity contribution is -0.146. The van der Waals surface area contributed by atoms with Gasteiger partial charge >= 0.3 is 11.9 Å². The second-order valence-corrected chi connectivity index (χ2v) is 19.7.